The van der Waals surface area contributed by atoms with E-state index in [1.54, 1.807) is 43.4 Å². The van der Waals surface area contributed by atoms with E-state index in [4.69, 9.17) is 39.4 Å². The SMILES string of the molecule is CCC#CC(OC(N)=O)C(Cl)C(O)CC(=O)C(O)C(O)C(C)/C(Cl)=C/C=C/C=C(C)/C=C/C=C/C(=O)NC1CC(C(=O)O)CCC1N. The van der Waals surface area contributed by atoms with Gasteiger partial charge in [-0.1, -0.05) is 79.3 Å². The smallest absolute Gasteiger partial charge is 0.405 e. The average molecular weight is 699 g/mol. The van der Waals surface area contributed by atoms with Crippen LogP contribution in [0.4, 0.5) is 4.79 Å². The zero-order valence-corrected chi connectivity index (χ0v) is 28.1. The number of alkyl halides is 1. The van der Waals surface area contributed by atoms with E-state index < -0.39 is 71.9 Å². The Labute approximate surface area is 285 Å². The number of allylic oxidation sites excluding steroid dienone is 8. The Bertz CT molecular complexity index is 1300. The fraction of sp³-hybridized carbons (Fsp3) is 0.515. The molecule has 9 N–H and O–H groups in total. The van der Waals surface area contributed by atoms with Crippen LogP contribution in [0, 0.1) is 23.7 Å². The molecule has 1 rings (SSSR count). The van der Waals surface area contributed by atoms with E-state index in [1.165, 1.54) is 19.1 Å². The lowest BCUT2D eigenvalue weighted by molar-refractivity contribution is -0.143. The van der Waals surface area contributed by atoms with Gasteiger partial charge in [0.05, 0.1) is 18.1 Å². The van der Waals surface area contributed by atoms with E-state index in [0.29, 0.717) is 25.7 Å². The number of hydrogen-bond donors (Lipinski definition) is 7. The third-order valence-electron chi connectivity index (χ3n) is 7.36. The van der Waals surface area contributed by atoms with Crippen LogP contribution >= 0.6 is 23.2 Å². The van der Waals surface area contributed by atoms with Crippen molar-refractivity contribution in [2.45, 2.75) is 94.8 Å². The molecule has 1 aliphatic rings. The highest BCUT2D eigenvalue weighted by Gasteiger charge is 2.35. The monoisotopic (exact) mass is 697 g/mol. The first-order valence-corrected chi connectivity index (χ1v) is 15.9. The minimum atomic E-state index is -1.89. The van der Waals surface area contributed by atoms with Crippen molar-refractivity contribution in [2.75, 3.05) is 0 Å². The van der Waals surface area contributed by atoms with Gasteiger partial charge in [-0.15, -0.1) is 11.6 Å². The number of hydrogen-bond acceptors (Lipinski definition) is 9. The molecule has 0 heterocycles. The quantitative estimate of drug-likeness (QED) is 0.0540. The van der Waals surface area contributed by atoms with Gasteiger partial charge in [0.25, 0.3) is 0 Å². The van der Waals surface area contributed by atoms with Crippen molar-refractivity contribution >= 4 is 47.0 Å². The predicted molar refractivity (Wildman–Crippen MR) is 179 cm³/mol. The molecule has 260 valence electrons. The van der Waals surface area contributed by atoms with Gasteiger partial charge < -0.3 is 41.9 Å². The zero-order chi connectivity index (χ0) is 35.7. The summed E-state index contributed by atoms with van der Waals surface area (Å²) in [6.45, 7) is 5.06. The number of carboxylic acid groups (broad SMARTS) is 1. The fourth-order valence-corrected chi connectivity index (χ4v) is 4.90. The number of halogens is 2. The lowest BCUT2D eigenvalue weighted by Gasteiger charge is -2.32. The molecule has 0 radical (unpaired) electrons. The van der Waals surface area contributed by atoms with E-state index in [1.807, 2.05) is 6.92 Å². The first-order chi connectivity index (χ1) is 22.1. The van der Waals surface area contributed by atoms with Crippen molar-refractivity contribution in [3.8, 4) is 11.8 Å². The van der Waals surface area contributed by atoms with Crippen molar-refractivity contribution < 1.29 is 44.3 Å². The summed E-state index contributed by atoms with van der Waals surface area (Å²) in [6.07, 6.45) is 6.32. The van der Waals surface area contributed by atoms with Gasteiger partial charge in [0.2, 0.25) is 5.91 Å². The summed E-state index contributed by atoms with van der Waals surface area (Å²) in [5.74, 6) is 1.65. The highest BCUT2D eigenvalue weighted by molar-refractivity contribution is 6.30. The Kier molecular flexibility index (Phi) is 19.0. The molecule has 9 atom stereocenters. The number of carboxylic acids is 1. The summed E-state index contributed by atoms with van der Waals surface area (Å²) in [5.41, 5.74) is 11.9. The van der Waals surface area contributed by atoms with E-state index in [0.717, 1.165) is 5.57 Å². The van der Waals surface area contributed by atoms with Crippen molar-refractivity contribution in [2.24, 2.45) is 23.3 Å². The van der Waals surface area contributed by atoms with Gasteiger partial charge >= 0.3 is 12.1 Å². The average Bonchev–Trinajstić information content (AvgIpc) is 3.02. The molecule has 0 aromatic heterocycles. The lowest BCUT2D eigenvalue weighted by atomic mass is 9.82. The fourth-order valence-electron chi connectivity index (χ4n) is 4.50. The number of ether oxygens (including phenoxy) is 1. The molecule has 1 fully saturated rings. The molecule has 0 aromatic carbocycles. The summed E-state index contributed by atoms with van der Waals surface area (Å²) in [5, 5.41) is 42.1. The highest BCUT2D eigenvalue weighted by Crippen LogP contribution is 2.25. The van der Waals surface area contributed by atoms with Crippen LogP contribution in [0.3, 0.4) is 0 Å². The molecule has 2 amide bonds. The van der Waals surface area contributed by atoms with Crippen LogP contribution in [0.5, 0.6) is 0 Å². The molecule has 0 saturated heterocycles. The number of aliphatic hydroxyl groups excluding tert-OH is 3. The Morgan fingerprint density at radius 1 is 1.06 bits per heavy atom. The summed E-state index contributed by atoms with van der Waals surface area (Å²) in [6, 6.07) is -0.700. The number of Topliss-reactive ketones (excluding diaryl/α,β-unsaturated/α-hetero) is 1. The third-order valence-corrected chi connectivity index (χ3v) is 8.35. The van der Waals surface area contributed by atoms with E-state index in [-0.39, 0.29) is 17.0 Å². The highest BCUT2D eigenvalue weighted by atomic mass is 35.5. The Morgan fingerprint density at radius 2 is 1.70 bits per heavy atom. The minimum absolute atomic E-state index is 0.143. The maximum absolute atomic E-state index is 12.6. The Morgan fingerprint density at radius 3 is 2.32 bits per heavy atom. The Balaban J connectivity index is 2.66. The predicted octanol–water partition coefficient (Wildman–Crippen LogP) is 2.58. The summed E-state index contributed by atoms with van der Waals surface area (Å²) < 4.78 is 4.80. The van der Waals surface area contributed by atoms with Crippen LogP contribution in [-0.4, -0.2) is 86.1 Å². The van der Waals surface area contributed by atoms with Crippen LogP contribution in [-0.2, 0) is 19.1 Å². The van der Waals surface area contributed by atoms with Crippen molar-refractivity contribution in [1.82, 2.24) is 5.32 Å². The number of nitrogens with two attached hydrogens (primary N) is 2. The molecule has 0 bridgehead atoms. The van der Waals surface area contributed by atoms with E-state index in [9.17, 15) is 39.6 Å². The van der Waals surface area contributed by atoms with Gasteiger partial charge in [-0.2, -0.15) is 0 Å². The maximum atomic E-state index is 12.6. The maximum Gasteiger partial charge on any atom is 0.405 e. The normalized spacial score (nSPS) is 23.0. The summed E-state index contributed by atoms with van der Waals surface area (Å²) in [4.78, 5) is 47.2. The zero-order valence-electron chi connectivity index (χ0n) is 26.6. The largest absolute Gasteiger partial charge is 0.481 e. The van der Waals surface area contributed by atoms with E-state index >= 15 is 0 Å². The van der Waals surface area contributed by atoms with Gasteiger partial charge in [-0.3, -0.25) is 14.4 Å². The molecule has 47 heavy (non-hydrogen) atoms. The number of primary amides is 1. The second-order valence-electron chi connectivity index (χ2n) is 11.1. The number of carbonyl (C=O) groups excluding carboxylic acids is 3. The second-order valence-corrected chi connectivity index (χ2v) is 12.1. The molecule has 9 unspecified atom stereocenters. The van der Waals surface area contributed by atoms with Crippen LogP contribution in [0.2, 0.25) is 0 Å². The number of amides is 2. The van der Waals surface area contributed by atoms with Crippen molar-refractivity contribution in [1.29, 1.82) is 0 Å². The minimum Gasteiger partial charge on any atom is -0.481 e. The third kappa shape index (κ3) is 15.3. The van der Waals surface area contributed by atoms with Gasteiger partial charge in [-0.25, -0.2) is 4.79 Å². The first kappa shape index (κ1) is 41.6. The van der Waals surface area contributed by atoms with Gasteiger partial charge in [0.1, 0.15) is 11.5 Å². The number of carbonyl (C=O) groups is 4. The summed E-state index contributed by atoms with van der Waals surface area (Å²) in [7, 11) is 0. The molecular formula is C33H45Cl2N3O9. The van der Waals surface area contributed by atoms with E-state index in [2.05, 4.69) is 17.2 Å². The number of rotatable bonds is 16. The van der Waals surface area contributed by atoms with Crippen molar-refractivity contribution in [3.63, 3.8) is 0 Å². The molecule has 0 aromatic rings. The number of ketones is 1. The van der Waals surface area contributed by atoms with Gasteiger partial charge in [-0.05, 0) is 32.3 Å². The van der Waals surface area contributed by atoms with Gasteiger partial charge in [0, 0.05) is 42.0 Å². The van der Waals surface area contributed by atoms with Crippen LogP contribution in [0.15, 0.2) is 59.2 Å². The Hall–Kier alpha value is -3.44. The number of nitrogens with one attached hydrogen (secondary N) is 1. The van der Waals surface area contributed by atoms with Crippen molar-refractivity contribution in [3.05, 3.63) is 59.2 Å². The van der Waals surface area contributed by atoms with Crippen LogP contribution < -0.4 is 16.8 Å². The number of aliphatic hydroxyl groups is 3. The second kappa shape index (κ2) is 21.4. The first-order valence-electron chi connectivity index (χ1n) is 15.1. The molecule has 1 saturated carbocycles. The molecule has 1 aliphatic carbocycles. The summed E-state index contributed by atoms with van der Waals surface area (Å²) >= 11 is 12.4. The molecule has 0 spiro atoms. The molecular weight excluding hydrogens is 653 g/mol. The lowest BCUT2D eigenvalue weighted by Crippen LogP contribution is -2.51. The molecule has 12 nitrogen and oxygen atoms in total. The topological polar surface area (TPSA) is 222 Å². The number of aliphatic carboxylic acids is 1. The molecule has 14 heteroatoms. The standard InChI is InChI=1S/C33H45Cl2N3O9/c1-4-5-13-27(47-33(37)46)29(35)25(39)18-26(40)31(43)30(42)20(3)22(34)12-8-6-10-19(2)11-7-9-14-28(41)38-24-17-21(32(44)45)15-16-23(24)36/h6-12,14,20-21,23-25,27,29-31,39,42-43H,4,15-18,36H2,1-3H3,(H2,37,46)(H,38,41)(H,44,45)/b8-6+,11-7+,14-9+,19-10+,22-12-. The van der Waals surface area contributed by atoms with Crippen LogP contribution in [0.25, 0.3) is 0 Å². The molecule has 0 aliphatic heterocycles. The van der Waals surface area contributed by atoms with Crippen LogP contribution in [0.1, 0.15) is 52.9 Å². The van der Waals surface area contributed by atoms with Gasteiger partial charge in [0.15, 0.2) is 11.9 Å².